The highest BCUT2D eigenvalue weighted by Crippen LogP contribution is 2.35. The van der Waals surface area contributed by atoms with Crippen LogP contribution in [0.25, 0.3) is 11.2 Å². The van der Waals surface area contributed by atoms with Crippen LogP contribution in [0.15, 0.2) is 6.33 Å². The summed E-state index contributed by atoms with van der Waals surface area (Å²) in [4.78, 5) is 42.2. The number of aliphatic hydroxyl groups is 2. The maximum absolute atomic E-state index is 11.6. The summed E-state index contributed by atoms with van der Waals surface area (Å²) in [5.41, 5.74) is 0.734. The first-order valence-electron chi connectivity index (χ1n) is 10.1. The van der Waals surface area contributed by atoms with Gasteiger partial charge in [0.2, 0.25) is 11.2 Å². The van der Waals surface area contributed by atoms with Gasteiger partial charge in [0.25, 0.3) is 0 Å². The van der Waals surface area contributed by atoms with Crippen molar-refractivity contribution < 1.29 is 34.1 Å². The van der Waals surface area contributed by atoms with Crippen molar-refractivity contribution in [3.05, 3.63) is 11.6 Å². The Kier molecular flexibility index (Phi) is 6.68. The molecule has 6 N–H and O–H groups in total. The van der Waals surface area contributed by atoms with Crippen molar-refractivity contribution in [1.29, 1.82) is 0 Å². The molecular weight excluding hydrogens is 467 g/mol. The Morgan fingerprint density at radius 1 is 1.25 bits per heavy atom. The summed E-state index contributed by atoms with van der Waals surface area (Å²) in [6.07, 6.45) is -0.181. The maximum atomic E-state index is 11.6. The molecule has 4 rings (SSSR count). The Bertz CT molecular complexity index is 1040. The highest BCUT2D eigenvalue weighted by atomic mass is 35.5. The van der Waals surface area contributed by atoms with Crippen LogP contribution in [0, 0.1) is 0 Å². The molecule has 0 unspecified atom stereocenters. The molecule has 1 saturated carbocycles. The molecule has 0 spiro atoms. The van der Waals surface area contributed by atoms with E-state index < -0.39 is 44.2 Å². The van der Waals surface area contributed by atoms with E-state index in [0.717, 1.165) is 25.7 Å². The Hall–Kier alpha value is -1.86. The molecule has 1 aliphatic heterocycles. The van der Waals surface area contributed by atoms with Crippen LogP contribution in [-0.4, -0.2) is 82.5 Å². The zero-order valence-corrected chi connectivity index (χ0v) is 18.5. The lowest BCUT2D eigenvalue weighted by Crippen LogP contribution is -2.40. The third kappa shape index (κ3) is 5.04. The Morgan fingerprint density at radius 2 is 1.97 bits per heavy atom. The largest absolute Gasteiger partial charge is 0.387 e. The lowest BCUT2D eigenvalue weighted by atomic mass is 10.1. The first-order valence-corrected chi connectivity index (χ1v) is 12.3. The van der Waals surface area contributed by atoms with Gasteiger partial charge in [-0.3, -0.25) is 13.9 Å². The van der Waals surface area contributed by atoms with E-state index in [1.165, 1.54) is 10.9 Å². The first kappa shape index (κ1) is 23.3. The second-order valence-electron chi connectivity index (χ2n) is 7.96. The number of carbonyl (C=O) groups is 1. The summed E-state index contributed by atoms with van der Waals surface area (Å²) in [6, 6.07) is 0.255. The van der Waals surface area contributed by atoms with Gasteiger partial charge in [-0.15, -0.1) is 0 Å². The second kappa shape index (κ2) is 9.18. The van der Waals surface area contributed by atoms with Gasteiger partial charge in [0.05, 0.1) is 6.33 Å². The smallest absolute Gasteiger partial charge is 0.334 e. The molecule has 32 heavy (non-hydrogen) atoms. The zero-order valence-electron chi connectivity index (χ0n) is 16.8. The fourth-order valence-corrected chi connectivity index (χ4v) is 4.68. The minimum Gasteiger partial charge on any atom is -0.387 e. The topological polar surface area (TPSA) is 192 Å². The van der Waals surface area contributed by atoms with Gasteiger partial charge in [-0.1, -0.05) is 12.8 Å². The SMILES string of the molecule is O=C(CP(=O)(O)O)NC[C@H]1O[C@@H](n2cnc3c(NC4CCCC4)nc(Cl)nc32)[C@H](O)[C@@H]1O. The van der Waals surface area contributed by atoms with Crippen LogP contribution >= 0.6 is 19.2 Å². The van der Waals surface area contributed by atoms with E-state index in [2.05, 4.69) is 25.6 Å². The molecule has 15 heteroatoms. The number of anilines is 1. The second-order valence-corrected chi connectivity index (χ2v) is 9.95. The highest BCUT2D eigenvalue weighted by Gasteiger charge is 2.44. The minimum absolute atomic E-state index is 0.0194. The summed E-state index contributed by atoms with van der Waals surface area (Å²) in [6.45, 7) is -0.260. The van der Waals surface area contributed by atoms with Crippen LogP contribution < -0.4 is 10.6 Å². The Balaban J connectivity index is 1.51. The van der Waals surface area contributed by atoms with Gasteiger partial charge in [-0.05, 0) is 24.4 Å². The number of aromatic nitrogens is 4. The van der Waals surface area contributed by atoms with Crippen LogP contribution in [-0.2, 0) is 14.1 Å². The van der Waals surface area contributed by atoms with E-state index in [1.54, 1.807) is 0 Å². The van der Waals surface area contributed by atoms with Crippen molar-refractivity contribution >= 4 is 42.1 Å². The number of carbonyl (C=O) groups excluding carboxylic acids is 1. The molecule has 1 aliphatic carbocycles. The number of hydrogen-bond donors (Lipinski definition) is 6. The van der Waals surface area contributed by atoms with Crippen molar-refractivity contribution in [2.24, 2.45) is 0 Å². The molecule has 4 atom stereocenters. The van der Waals surface area contributed by atoms with E-state index in [4.69, 9.17) is 26.1 Å². The normalized spacial score (nSPS) is 26.7. The van der Waals surface area contributed by atoms with Crippen LogP contribution in [0.4, 0.5) is 5.82 Å². The van der Waals surface area contributed by atoms with Crippen LogP contribution in [0.5, 0.6) is 0 Å². The van der Waals surface area contributed by atoms with Gasteiger partial charge in [-0.25, -0.2) is 4.98 Å². The van der Waals surface area contributed by atoms with E-state index in [0.29, 0.717) is 17.0 Å². The fourth-order valence-electron chi connectivity index (χ4n) is 4.03. The van der Waals surface area contributed by atoms with Gasteiger partial charge < -0.3 is 35.4 Å². The number of amides is 1. The zero-order chi connectivity index (χ0) is 23.0. The molecule has 13 nitrogen and oxygen atoms in total. The molecule has 1 saturated heterocycles. The molecule has 2 aromatic heterocycles. The molecular formula is C17H24ClN6O7P. The third-order valence-electron chi connectivity index (χ3n) is 5.55. The maximum Gasteiger partial charge on any atom is 0.334 e. The molecule has 3 heterocycles. The van der Waals surface area contributed by atoms with Gasteiger partial charge in [-0.2, -0.15) is 9.97 Å². The van der Waals surface area contributed by atoms with Gasteiger partial charge in [0.1, 0.15) is 24.5 Å². The van der Waals surface area contributed by atoms with Gasteiger partial charge in [0.15, 0.2) is 23.2 Å². The van der Waals surface area contributed by atoms with Crippen molar-refractivity contribution in [1.82, 2.24) is 24.8 Å². The summed E-state index contributed by atoms with van der Waals surface area (Å²) in [5, 5.41) is 26.5. The van der Waals surface area contributed by atoms with Gasteiger partial charge in [0, 0.05) is 12.6 Å². The molecule has 2 aromatic rings. The molecule has 0 aromatic carbocycles. The van der Waals surface area contributed by atoms with Crippen LogP contribution in [0.2, 0.25) is 5.28 Å². The summed E-state index contributed by atoms with van der Waals surface area (Å²) < 4.78 is 18.1. The standard InChI is InChI=1S/C17H24ClN6O7P/c18-17-22-14(21-8-3-1-2-4-8)11-15(23-17)24(7-20-11)16-13(27)12(26)9(31-16)5-19-10(25)6-32(28,29)30/h7-9,12-13,16,26-27H,1-6H2,(H,19,25)(H,21,22,23)(H2,28,29,30)/t9-,12-,13-,16-/m1/s1. The van der Waals surface area contributed by atoms with Crippen molar-refractivity contribution in [2.45, 2.75) is 56.3 Å². The number of rotatable bonds is 7. The predicted molar refractivity (Wildman–Crippen MR) is 112 cm³/mol. The van der Waals surface area contributed by atoms with E-state index in [9.17, 15) is 19.6 Å². The molecule has 176 valence electrons. The molecule has 0 bridgehead atoms. The molecule has 0 radical (unpaired) electrons. The van der Waals surface area contributed by atoms with Gasteiger partial charge >= 0.3 is 7.60 Å². The van der Waals surface area contributed by atoms with E-state index in [1.807, 2.05) is 0 Å². The number of fused-ring (bicyclic) bond motifs is 1. The summed E-state index contributed by atoms with van der Waals surface area (Å²) in [7, 11) is -4.52. The van der Waals surface area contributed by atoms with Crippen LogP contribution in [0.1, 0.15) is 31.9 Å². The number of nitrogens with one attached hydrogen (secondary N) is 2. The molecule has 2 fully saturated rings. The lowest BCUT2D eigenvalue weighted by Gasteiger charge is -2.17. The Labute approximate surface area is 187 Å². The number of aliphatic hydroxyl groups excluding tert-OH is 2. The fraction of sp³-hybridized carbons (Fsp3) is 0.647. The predicted octanol–water partition coefficient (Wildman–Crippen LogP) is -0.253. The van der Waals surface area contributed by atoms with E-state index >= 15 is 0 Å². The van der Waals surface area contributed by atoms with Crippen molar-refractivity contribution in [2.75, 3.05) is 18.0 Å². The lowest BCUT2D eigenvalue weighted by molar-refractivity contribution is -0.119. The minimum atomic E-state index is -4.52. The van der Waals surface area contributed by atoms with Crippen LogP contribution in [0.3, 0.4) is 0 Å². The molecule has 2 aliphatic rings. The average Bonchev–Trinajstić information content (AvgIpc) is 3.41. The van der Waals surface area contributed by atoms with Crippen molar-refractivity contribution in [3.63, 3.8) is 0 Å². The summed E-state index contributed by atoms with van der Waals surface area (Å²) in [5.74, 6) is -0.428. The van der Waals surface area contributed by atoms with Crippen molar-refractivity contribution in [3.8, 4) is 0 Å². The first-order chi connectivity index (χ1) is 15.1. The average molecular weight is 491 g/mol. The molecule has 1 amide bonds. The third-order valence-corrected chi connectivity index (χ3v) is 6.42. The number of imidazole rings is 1. The Morgan fingerprint density at radius 3 is 2.66 bits per heavy atom. The number of nitrogens with zero attached hydrogens (tertiary/aromatic N) is 4. The summed E-state index contributed by atoms with van der Waals surface area (Å²) >= 11 is 6.11. The highest BCUT2D eigenvalue weighted by molar-refractivity contribution is 7.52. The number of halogens is 1. The number of hydrogen-bond acceptors (Lipinski definition) is 9. The monoisotopic (exact) mass is 490 g/mol. The van der Waals surface area contributed by atoms with E-state index in [-0.39, 0.29) is 17.9 Å². The quantitative estimate of drug-likeness (QED) is 0.221. The number of ether oxygens (including phenoxy) is 1.